The van der Waals surface area contributed by atoms with Crippen molar-refractivity contribution in [3.63, 3.8) is 0 Å². The van der Waals surface area contributed by atoms with Gasteiger partial charge in [0, 0.05) is 24.5 Å². The Kier molecular flexibility index (Phi) is 6.86. The van der Waals surface area contributed by atoms with Crippen molar-refractivity contribution >= 4 is 23.7 Å². The molecule has 5 atom stereocenters. The molecule has 2 aliphatic carbocycles. The fraction of sp³-hybridized carbons (Fsp3) is 0.609. The summed E-state index contributed by atoms with van der Waals surface area (Å²) >= 11 is 6.39. The van der Waals surface area contributed by atoms with Gasteiger partial charge in [0.15, 0.2) is 24.0 Å². The van der Waals surface area contributed by atoms with Crippen molar-refractivity contribution in [1.82, 2.24) is 15.6 Å². The smallest absolute Gasteiger partial charge is 0.376 e. The van der Waals surface area contributed by atoms with Crippen molar-refractivity contribution in [2.45, 2.75) is 70.2 Å². The molecule has 0 aromatic carbocycles. The van der Waals surface area contributed by atoms with E-state index < -0.39 is 6.23 Å². The van der Waals surface area contributed by atoms with Crippen LogP contribution in [-0.4, -0.2) is 45.6 Å². The van der Waals surface area contributed by atoms with Crippen LogP contribution in [0.3, 0.4) is 0 Å². The van der Waals surface area contributed by atoms with Gasteiger partial charge in [0.25, 0.3) is 0 Å². The highest BCUT2D eigenvalue weighted by atomic mass is 35.5. The zero-order valence-electron chi connectivity index (χ0n) is 17.6. The molecule has 2 heterocycles. The fourth-order valence-corrected chi connectivity index (χ4v) is 5.55. The van der Waals surface area contributed by atoms with E-state index in [1.165, 1.54) is 43.1 Å². The first-order valence-electron chi connectivity index (χ1n) is 11.2. The number of carbonyl (C=O) groups is 1. The third-order valence-corrected chi connectivity index (χ3v) is 7.27. The number of carbonyl (C=O) groups excluding carboxylic acids is 1. The molecule has 5 unspecified atom stereocenters. The molecule has 3 N–H and O–H groups in total. The van der Waals surface area contributed by atoms with Gasteiger partial charge in [-0.2, -0.15) is 4.58 Å². The van der Waals surface area contributed by atoms with Crippen LogP contribution in [0.2, 0.25) is 0 Å². The van der Waals surface area contributed by atoms with Gasteiger partial charge in [0.1, 0.15) is 5.70 Å². The number of aromatic nitrogens is 1. The van der Waals surface area contributed by atoms with Crippen LogP contribution in [0.5, 0.6) is 0 Å². The van der Waals surface area contributed by atoms with Crippen molar-refractivity contribution in [3.05, 3.63) is 40.8 Å². The van der Waals surface area contributed by atoms with E-state index in [1.54, 1.807) is 18.6 Å². The Bertz CT molecular complexity index is 824. The molecule has 6 nitrogen and oxygen atoms in total. The molecular weight excluding hydrogens is 400 g/mol. The number of fused-ring (bicyclic) bond motifs is 1. The third-order valence-electron chi connectivity index (χ3n) is 6.90. The van der Waals surface area contributed by atoms with Gasteiger partial charge in [0.2, 0.25) is 0 Å². The van der Waals surface area contributed by atoms with Crippen LogP contribution in [0.25, 0.3) is 0 Å². The molecule has 4 rings (SSSR count). The second-order valence-electron chi connectivity index (χ2n) is 8.89. The molecule has 2 saturated carbocycles. The molecule has 30 heavy (non-hydrogen) atoms. The molecule has 1 aliphatic heterocycles. The summed E-state index contributed by atoms with van der Waals surface area (Å²) < 4.78 is 1.50. The standard InChI is InChI=1S/C23H31ClN4O2/c1-15(16-9-11-25-12-10-16)26-21(29)14-28-13-20(22(24)23(28)30)27-19-8-4-6-17-5-2-3-7-18(17)19/h9-13,15,17-19,21,26,29H,2-8,14H2,1H3/p+1. The molecule has 0 spiro atoms. The lowest BCUT2D eigenvalue weighted by atomic mass is 9.68. The first-order valence-corrected chi connectivity index (χ1v) is 11.6. The van der Waals surface area contributed by atoms with E-state index in [9.17, 15) is 9.90 Å². The predicted octanol–water partition coefficient (Wildman–Crippen LogP) is 3.07. The van der Waals surface area contributed by atoms with Gasteiger partial charge in [-0.05, 0) is 49.3 Å². The molecule has 0 radical (unpaired) electrons. The number of hydrogen-bond acceptors (Lipinski definition) is 5. The highest BCUT2D eigenvalue weighted by Gasteiger charge is 2.39. The van der Waals surface area contributed by atoms with Crippen LogP contribution in [0.4, 0.5) is 0 Å². The second-order valence-corrected chi connectivity index (χ2v) is 9.27. The minimum absolute atomic E-state index is 0.0628. The summed E-state index contributed by atoms with van der Waals surface area (Å²) in [5.41, 5.74) is 1.73. The summed E-state index contributed by atoms with van der Waals surface area (Å²) in [6, 6.07) is 4.13. The van der Waals surface area contributed by atoms with E-state index in [4.69, 9.17) is 11.6 Å². The number of rotatable bonds is 7. The highest BCUT2D eigenvalue weighted by Crippen LogP contribution is 2.41. The molecule has 2 fully saturated rings. The Labute approximate surface area is 183 Å². The van der Waals surface area contributed by atoms with Crippen molar-refractivity contribution in [2.75, 3.05) is 6.54 Å². The van der Waals surface area contributed by atoms with Crippen molar-refractivity contribution in [1.29, 1.82) is 0 Å². The minimum atomic E-state index is -0.866. The molecule has 162 valence electrons. The van der Waals surface area contributed by atoms with E-state index in [2.05, 4.69) is 15.6 Å². The van der Waals surface area contributed by atoms with E-state index in [0.29, 0.717) is 17.7 Å². The van der Waals surface area contributed by atoms with Gasteiger partial charge >= 0.3 is 5.91 Å². The van der Waals surface area contributed by atoms with Crippen molar-refractivity contribution in [3.8, 4) is 0 Å². The Morgan fingerprint density at radius 2 is 1.93 bits per heavy atom. The number of halogens is 1. The van der Waals surface area contributed by atoms with Gasteiger partial charge in [0.05, 0.1) is 0 Å². The van der Waals surface area contributed by atoms with Gasteiger partial charge < -0.3 is 10.4 Å². The number of hydrogen-bond donors (Lipinski definition) is 3. The maximum Gasteiger partial charge on any atom is 0.433 e. The number of aliphatic hydroxyl groups excluding tert-OH is 1. The number of β-amino-alcohol motifs (C(OH)–C–C–N with tert-alkyl or cyclic N) is 1. The Morgan fingerprint density at radius 3 is 2.73 bits per heavy atom. The van der Waals surface area contributed by atoms with Gasteiger partial charge in [-0.25, -0.2) is 4.79 Å². The van der Waals surface area contributed by atoms with Crippen LogP contribution in [0.1, 0.15) is 63.5 Å². The second kappa shape index (κ2) is 9.58. The van der Waals surface area contributed by atoms with Crippen molar-refractivity contribution < 1.29 is 14.5 Å². The summed E-state index contributed by atoms with van der Waals surface area (Å²) in [5.74, 6) is 1.22. The van der Waals surface area contributed by atoms with Crippen LogP contribution >= 0.6 is 11.6 Å². The van der Waals surface area contributed by atoms with E-state index in [-0.39, 0.29) is 23.5 Å². The maximum atomic E-state index is 12.6. The van der Waals surface area contributed by atoms with Crippen LogP contribution < -0.4 is 10.6 Å². The van der Waals surface area contributed by atoms with Crippen molar-refractivity contribution in [2.24, 2.45) is 11.8 Å². The monoisotopic (exact) mass is 431 g/mol. The lowest BCUT2D eigenvalue weighted by molar-refractivity contribution is -0.450. The lowest BCUT2D eigenvalue weighted by Crippen LogP contribution is -2.44. The average Bonchev–Trinajstić information content (AvgIpc) is 3.02. The minimum Gasteiger partial charge on any atom is -0.376 e. The zero-order chi connectivity index (χ0) is 21.1. The normalized spacial score (nSPS) is 28.7. The third kappa shape index (κ3) is 4.76. The van der Waals surface area contributed by atoms with Crippen LogP contribution in [0.15, 0.2) is 35.3 Å². The molecule has 0 saturated heterocycles. The molecule has 1 amide bonds. The molecule has 1 aromatic rings. The van der Waals surface area contributed by atoms with Gasteiger partial charge in [-0.15, -0.1) is 0 Å². The Hall–Kier alpha value is -1.76. The summed E-state index contributed by atoms with van der Waals surface area (Å²) in [5, 5.41) is 17.4. The Morgan fingerprint density at radius 1 is 1.20 bits per heavy atom. The number of nitrogens with zero attached hydrogens (tertiary/aromatic N) is 2. The molecular formula is C23H32ClN4O2+. The first kappa shape index (κ1) is 21.5. The molecule has 0 bridgehead atoms. The number of allylic oxidation sites excluding steroid dienone is 1. The van der Waals surface area contributed by atoms with E-state index in [0.717, 1.165) is 17.9 Å². The maximum absolute atomic E-state index is 12.6. The summed E-state index contributed by atoms with van der Waals surface area (Å²) in [6.45, 7) is 2.11. The predicted molar refractivity (Wildman–Crippen MR) is 117 cm³/mol. The summed E-state index contributed by atoms with van der Waals surface area (Å²) in [4.78, 5) is 16.7. The van der Waals surface area contributed by atoms with Crippen LogP contribution in [0, 0.1) is 11.8 Å². The zero-order valence-corrected chi connectivity index (χ0v) is 18.3. The lowest BCUT2D eigenvalue weighted by Gasteiger charge is -2.41. The molecule has 1 aromatic heterocycles. The average molecular weight is 432 g/mol. The largest absolute Gasteiger partial charge is 0.433 e. The van der Waals surface area contributed by atoms with Gasteiger partial charge in [-0.1, -0.05) is 43.7 Å². The van der Waals surface area contributed by atoms with E-state index in [1.807, 2.05) is 19.1 Å². The number of pyridine rings is 1. The van der Waals surface area contributed by atoms with Crippen LogP contribution in [-0.2, 0) is 4.79 Å². The fourth-order valence-electron chi connectivity index (χ4n) is 5.34. The quantitative estimate of drug-likeness (QED) is 0.457. The summed E-state index contributed by atoms with van der Waals surface area (Å²) in [6.07, 6.45) is 13.3. The molecule has 7 heteroatoms. The number of amides is 1. The first-order chi connectivity index (χ1) is 14.5. The van der Waals surface area contributed by atoms with Gasteiger partial charge in [-0.3, -0.25) is 10.3 Å². The number of aliphatic hydroxyl groups is 1. The Balaban J connectivity index is 1.37. The topological polar surface area (TPSA) is 77.3 Å². The van der Waals surface area contributed by atoms with E-state index >= 15 is 0 Å². The molecule has 3 aliphatic rings. The highest BCUT2D eigenvalue weighted by molar-refractivity contribution is 6.43. The SMILES string of the molecule is CC(NC(O)C[N+]1=CC(NC2CCCC3CCCCC32)=C(Cl)C1=O)c1ccncc1. The summed E-state index contributed by atoms with van der Waals surface area (Å²) in [7, 11) is 0. The number of nitrogens with one attached hydrogen (secondary N) is 2.